The fraction of sp³-hybridized carbons (Fsp3) is 0.917. The molecule has 0 saturated carbocycles. The molecular formula is C12H25NO4. The zero-order valence-corrected chi connectivity index (χ0v) is 11.4. The number of ether oxygens (including phenoxy) is 1. The second-order valence-electron chi connectivity index (χ2n) is 5.44. The molecular weight excluding hydrogens is 222 g/mol. The van der Waals surface area contributed by atoms with Crippen molar-refractivity contribution >= 4 is 6.09 Å². The maximum absolute atomic E-state index is 11.5. The van der Waals surface area contributed by atoms with E-state index in [2.05, 4.69) is 5.32 Å². The molecule has 0 spiro atoms. The van der Waals surface area contributed by atoms with E-state index < -0.39 is 23.5 Å². The van der Waals surface area contributed by atoms with E-state index in [4.69, 9.17) is 4.74 Å². The maximum atomic E-state index is 11.5. The molecule has 0 aromatic carbocycles. The highest BCUT2D eigenvalue weighted by molar-refractivity contribution is 5.68. The van der Waals surface area contributed by atoms with Crippen LogP contribution in [0.1, 0.15) is 53.9 Å². The Labute approximate surface area is 103 Å². The number of amides is 1. The first kappa shape index (κ1) is 16.2. The van der Waals surface area contributed by atoms with Crippen LogP contribution >= 0.6 is 0 Å². The molecule has 0 unspecified atom stereocenters. The fourth-order valence-electron chi connectivity index (χ4n) is 1.34. The fourth-order valence-corrected chi connectivity index (χ4v) is 1.34. The van der Waals surface area contributed by atoms with Crippen LogP contribution in [-0.4, -0.2) is 33.7 Å². The van der Waals surface area contributed by atoms with Crippen LogP contribution in [0.25, 0.3) is 0 Å². The summed E-state index contributed by atoms with van der Waals surface area (Å²) in [6.07, 6.45) is 1.59. The lowest BCUT2D eigenvalue weighted by Gasteiger charge is -2.30. The van der Waals surface area contributed by atoms with Gasteiger partial charge in [0.15, 0.2) is 5.79 Å². The Hall–Kier alpha value is -0.810. The Bertz CT molecular complexity index is 240. The van der Waals surface area contributed by atoms with E-state index in [0.717, 1.165) is 12.8 Å². The van der Waals surface area contributed by atoms with Gasteiger partial charge in [0, 0.05) is 0 Å². The van der Waals surface area contributed by atoms with E-state index in [-0.39, 0.29) is 0 Å². The minimum atomic E-state index is -1.94. The zero-order valence-electron chi connectivity index (χ0n) is 11.4. The van der Waals surface area contributed by atoms with Gasteiger partial charge in [-0.3, -0.25) is 0 Å². The summed E-state index contributed by atoms with van der Waals surface area (Å²) in [4.78, 5) is 11.5. The van der Waals surface area contributed by atoms with Crippen LogP contribution in [0.5, 0.6) is 0 Å². The third-order valence-corrected chi connectivity index (χ3v) is 2.20. The Morgan fingerprint density at radius 3 is 2.18 bits per heavy atom. The van der Waals surface area contributed by atoms with Crippen LogP contribution < -0.4 is 5.32 Å². The predicted molar refractivity (Wildman–Crippen MR) is 65.5 cm³/mol. The summed E-state index contributed by atoms with van der Waals surface area (Å²) in [7, 11) is 0. The van der Waals surface area contributed by atoms with Crippen LogP contribution in [0, 0.1) is 0 Å². The molecule has 5 nitrogen and oxygen atoms in total. The molecule has 0 rings (SSSR count). The van der Waals surface area contributed by atoms with Crippen LogP contribution in [0.3, 0.4) is 0 Å². The Kier molecular flexibility index (Phi) is 5.92. The maximum Gasteiger partial charge on any atom is 0.408 e. The van der Waals surface area contributed by atoms with Crippen molar-refractivity contribution in [1.82, 2.24) is 5.32 Å². The molecule has 5 heteroatoms. The summed E-state index contributed by atoms with van der Waals surface area (Å²) in [5.41, 5.74) is -0.597. The van der Waals surface area contributed by atoms with E-state index in [0.29, 0.717) is 6.42 Å². The lowest BCUT2D eigenvalue weighted by molar-refractivity contribution is -0.168. The molecule has 0 aromatic rings. The van der Waals surface area contributed by atoms with Crippen molar-refractivity contribution < 1.29 is 19.7 Å². The van der Waals surface area contributed by atoms with Gasteiger partial charge in [-0.2, -0.15) is 0 Å². The molecule has 1 atom stereocenters. The van der Waals surface area contributed by atoms with Crippen molar-refractivity contribution in [2.24, 2.45) is 0 Å². The summed E-state index contributed by atoms with van der Waals surface area (Å²) in [6, 6.07) is -0.725. The lowest BCUT2D eigenvalue weighted by atomic mass is 10.0. The summed E-state index contributed by atoms with van der Waals surface area (Å²) in [6.45, 7) is 8.52. The van der Waals surface area contributed by atoms with Gasteiger partial charge in [-0.25, -0.2) is 4.79 Å². The van der Waals surface area contributed by atoms with Gasteiger partial charge in [0.05, 0.1) is 6.04 Å². The van der Waals surface area contributed by atoms with Crippen LogP contribution in [0.15, 0.2) is 0 Å². The van der Waals surface area contributed by atoms with Gasteiger partial charge < -0.3 is 20.3 Å². The van der Waals surface area contributed by atoms with Crippen molar-refractivity contribution in [3.8, 4) is 0 Å². The third-order valence-electron chi connectivity index (χ3n) is 2.20. The van der Waals surface area contributed by atoms with E-state index in [1.165, 1.54) is 6.92 Å². The zero-order chi connectivity index (χ0) is 13.7. The number of alkyl carbamates (subject to hydrolysis) is 1. The molecule has 3 N–H and O–H groups in total. The number of hydrogen-bond donors (Lipinski definition) is 3. The molecule has 0 aliphatic rings. The minimum Gasteiger partial charge on any atom is -0.444 e. The van der Waals surface area contributed by atoms with Crippen LogP contribution in [-0.2, 0) is 4.74 Å². The second kappa shape index (κ2) is 6.21. The third kappa shape index (κ3) is 7.99. The van der Waals surface area contributed by atoms with Gasteiger partial charge in [0.1, 0.15) is 5.60 Å². The van der Waals surface area contributed by atoms with E-state index in [1.807, 2.05) is 6.92 Å². The van der Waals surface area contributed by atoms with E-state index in [9.17, 15) is 15.0 Å². The van der Waals surface area contributed by atoms with Crippen molar-refractivity contribution in [3.63, 3.8) is 0 Å². The molecule has 1 amide bonds. The summed E-state index contributed by atoms with van der Waals surface area (Å²) in [5, 5.41) is 21.6. The smallest absolute Gasteiger partial charge is 0.408 e. The Morgan fingerprint density at radius 1 is 1.29 bits per heavy atom. The first-order chi connectivity index (χ1) is 7.56. The van der Waals surface area contributed by atoms with Crippen LogP contribution in [0.4, 0.5) is 4.79 Å². The SMILES string of the molecule is CCCC[C@@H](NC(=O)OC(C)(C)C)C(C)(O)O. The van der Waals surface area contributed by atoms with E-state index in [1.54, 1.807) is 20.8 Å². The topological polar surface area (TPSA) is 78.8 Å². The second-order valence-corrected chi connectivity index (χ2v) is 5.44. The predicted octanol–water partition coefficient (Wildman–Crippen LogP) is 1.77. The first-order valence-electron chi connectivity index (χ1n) is 6.00. The minimum absolute atomic E-state index is 0.499. The summed E-state index contributed by atoms with van der Waals surface area (Å²) in [5.74, 6) is -1.94. The number of nitrogens with one attached hydrogen (secondary N) is 1. The number of carbonyl (C=O) groups excluding carboxylic acids is 1. The van der Waals surface area contributed by atoms with Gasteiger partial charge in [0.2, 0.25) is 0 Å². The van der Waals surface area contributed by atoms with Crippen molar-refractivity contribution in [1.29, 1.82) is 0 Å². The van der Waals surface area contributed by atoms with Crippen molar-refractivity contribution in [3.05, 3.63) is 0 Å². The number of carbonyl (C=O) groups is 1. The lowest BCUT2D eigenvalue weighted by Crippen LogP contribution is -2.52. The summed E-state index contributed by atoms with van der Waals surface area (Å²) < 4.78 is 5.07. The molecule has 0 aromatic heterocycles. The molecule has 0 saturated heterocycles. The largest absolute Gasteiger partial charge is 0.444 e. The highest BCUT2D eigenvalue weighted by Crippen LogP contribution is 2.14. The van der Waals surface area contributed by atoms with Gasteiger partial charge in [-0.1, -0.05) is 19.8 Å². The van der Waals surface area contributed by atoms with Crippen molar-refractivity contribution in [2.75, 3.05) is 0 Å². The van der Waals surface area contributed by atoms with Crippen LogP contribution in [0.2, 0.25) is 0 Å². The standard InChI is InChI=1S/C12H25NO4/c1-6-7-8-9(12(5,15)16)13-10(14)17-11(2,3)4/h9,15-16H,6-8H2,1-5H3,(H,13,14)/t9-/m1/s1. The quantitative estimate of drug-likeness (QED) is 0.647. The molecule has 0 heterocycles. The van der Waals surface area contributed by atoms with Crippen molar-refractivity contribution in [2.45, 2.75) is 71.3 Å². The molecule has 0 aliphatic carbocycles. The average molecular weight is 247 g/mol. The molecule has 0 fully saturated rings. The number of rotatable bonds is 5. The molecule has 0 aliphatic heterocycles. The van der Waals surface area contributed by atoms with Gasteiger partial charge in [0.25, 0.3) is 0 Å². The highest BCUT2D eigenvalue weighted by atomic mass is 16.6. The van der Waals surface area contributed by atoms with Gasteiger partial charge >= 0.3 is 6.09 Å². The molecule has 102 valence electrons. The molecule has 0 radical (unpaired) electrons. The Morgan fingerprint density at radius 2 is 1.82 bits per heavy atom. The normalized spacial score (nSPS) is 14.3. The van der Waals surface area contributed by atoms with E-state index >= 15 is 0 Å². The van der Waals surface area contributed by atoms with Gasteiger partial charge in [-0.15, -0.1) is 0 Å². The molecule has 0 bridgehead atoms. The number of aliphatic hydroxyl groups is 2. The highest BCUT2D eigenvalue weighted by Gasteiger charge is 2.31. The Balaban J connectivity index is 4.39. The average Bonchev–Trinajstić information content (AvgIpc) is 2.07. The number of unbranched alkanes of at least 4 members (excludes halogenated alkanes) is 1. The van der Waals surface area contributed by atoms with Gasteiger partial charge in [-0.05, 0) is 34.1 Å². The first-order valence-corrected chi connectivity index (χ1v) is 6.00. The summed E-state index contributed by atoms with van der Waals surface area (Å²) >= 11 is 0. The monoisotopic (exact) mass is 247 g/mol. The number of hydrogen-bond acceptors (Lipinski definition) is 4. The molecule has 17 heavy (non-hydrogen) atoms.